The van der Waals surface area contributed by atoms with Crippen molar-refractivity contribution in [2.75, 3.05) is 0 Å². The Morgan fingerprint density at radius 1 is 1.05 bits per heavy atom. The van der Waals surface area contributed by atoms with E-state index in [1.807, 2.05) is 30.3 Å². The standard InChI is InChI=1S/C13H17Cl3N2Si/c14-19(15,16)18-13(11-7-3-1-4-8-11)17-12-9-5-2-6-10-12/h1,3-4,7-8,12H,2,5-6,9-10H2,(H,17,18). The Bertz CT molecular complexity index is 425. The van der Waals surface area contributed by atoms with Crippen LogP contribution in [0.4, 0.5) is 0 Å². The predicted octanol–water partition coefficient (Wildman–Crippen LogP) is 4.51. The van der Waals surface area contributed by atoms with Crippen molar-refractivity contribution in [3.05, 3.63) is 35.9 Å². The molecule has 6 heteroatoms. The van der Waals surface area contributed by atoms with Gasteiger partial charge in [-0.3, -0.25) is 4.99 Å². The Kier molecular flexibility index (Phi) is 5.57. The second-order valence-corrected chi connectivity index (χ2v) is 12.8. The Hall–Kier alpha value is -0.223. The molecule has 19 heavy (non-hydrogen) atoms. The summed E-state index contributed by atoms with van der Waals surface area (Å²) < 4.78 is 0. The zero-order valence-corrected chi connectivity index (χ0v) is 13.8. The van der Waals surface area contributed by atoms with Gasteiger partial charge in [0.25, 0.3) is 0 Å². The van der Waals surface area contributed by atoms with Crippen LogP contribution >= 0.6 is 33.2 Å². The molecule has 0 aliphatic heterocycles. The molecular formula is C13H17Cl3N2Si. The molecule has 104 valence electrons. The molecule has 1 saturated carbocycles. The van der Waals surface area contributed by atoms with Crippen LogP contribution in [0.25, 0.3) is 0 Å². The maximum atomic E-state index is 5.97. The van der Waals surface area contributed by atoms with Gasteiger partial charge < -0.3 is 4.98 Å². The first-order valence-corrected chi connectivity index (χ1v) is 11.6. The van der Waals surface area contributed by atoms with E-state index in [1.165, 1.54) is 19.3 Å². The number of hydrogen-bond acceptors (Lipinski definition) is 1. The molecule has 0 radical (unpaired) electrons. The summed E-state index contributed by atoms with van der Waals surface area (Å²) in [6.07, 6.45) is 3.08. The van der Waals surface area contributed by atoms with Gasteiger partial charge in [-0.25, -0.2) is 0 Å². The minimum Gasteiger partial charge on any atom is -0.360 e. The second-order valence-electron chi connectivity index (χ2n) is 4.76. The highest BCUT2D eigenvalue weighted by atomic mass is 35.8. The second kappa shape index (κ2) is 6.98. The van der Waals surface area contributed by atoms with Crippen LogP contribution in [-0.4, -0.2) is 18.0 Å². The van der Waals surface area contributed by atoms with Crippen molar-refractivity contribution in [2.24, 2.45) is 4.99 Å². The minimum absolute atomic E-state index is 0.345. The van der Waals surface area contributed by atoms with Crippen LogP contribution in [0.5, 0.6) is 0 Å². The van der Waals surface area contributed by atoms with Gasteiger partial charge in [0, 0.05) is 5.56 Å². The van der Waals surface area contributed by atoms with Gasteiger partial charge in [0.15, 0.2) is 0 Å². The molecule has 0 spiro atoms. The Morgan fingerprint density at radius 3 is 2.26 bits per heavy atom. The molecule has 1 fully saturated rings. The molecule has 0 atom stereocenters. The molecule has 1 aromatic rings. The van der Waals surface area contributed by atoms with E-state index in [0.29, 0.717) is 6.04 Å². The van der Waals surface area contributed by atoms with Crippen molar-refractivity contribution in [3.8, 4) is 0 Å². The van der Waals surface area contributed by atoms with Gasteiger partial charge in [0.2, 0.25) is 0 Å². The van der Waals surface area contributed by atoms with Crippen molar-refractivity contribution in [1.82, 2.24) is 4.98 Å². The third-order valence-corrected chi connectivity index (χ3v) is 4.56. The Morgan fingerprint density at radius 2 is 1.68 bits per heavy atom. The summed E-state index contributed by atoms with van der Waals surface area (Å²) in [5.41, 5.74) is 0.979. The van der Waals surface area contributed by atoms with Crippen LogP contribution in [0.3, 0.4) is 0 Å². The monoisotopic (exact) mass is 334 g/mol. The van der Waals surface area contributed by atoms with Gasteiger partial charge in [0.1, 0.15) is 5.84 Å². The van der Waals surface area contributed by atoms with E-state index in [1.54, 1.807) is 0 Å². The third kappa shape index (κ3) is 5.34. The summed E-state index contributed by atoms with van der Waals surface area (Å²) in [4.78, 5) is 7.78. The largest absolute Gasteiger partial charge is 0.453 e. The fourth-order valence-corrected chi connectivity index (χ4v) is 3.58. The molecule has 0 amide bonds. The lowest BCUT2D eigenvalue weighted by atomic mass is 9.96. The van der Waals surface area contributed by atoms with Crippen LogP contribution in [0.1, 0.15) is 37.7 Å². The average Bonchev–Trinajstić information content (AvgIpc) is 2.39. The lowest BCUT2D eigenvalue weighted by Crippen LogP contribution is -2.41. The normalized spacial score (nSPS) is 18.4. The lowest BCUT2D eigenvalue weighted by molar-refractivity contribution is 0.443. The molecule has 0 heterocycles. The predicted molar refractivity (Wildman–Crippen MR) is 86.3 cm³/mol. The number of nitrogens with zero attached hydrogens (tertiary/aromatic N) is 1. The lowest BCUT2D eigenvalue weighted by Gasteiger charge is -2.21. The zero-order valence-electron chi connectivity index (χ0n) is 10.6. The van der Waals surface area contributed by atoms with E-state index in [2.05, 4.69) is 4.98 Å². The number of hydrogen-bond donors (Lipinski definition) is 1. The van der Waals surface area contributed by atoms with Gasteiger partial charge >= 0.3 is 6.16 Å². The van der Waals surface area contributed by atoms with Crippen molar-refractivity contribution in [3.63, 3.8) is 0 Å². The zero-order chi connectivity index (χ0) is 13.7. The molecule has 1 aliphatic rings. The SMILES string of the molecule is Cl[Si](Cl)(Cl)NC(=NC1CCCCC1)c1ccccc1. The number of amidine groups is 1. The summed E-state index contributed by atoms with van der Waals surface area (Å²) in [5.74, 6) is 0.721. The molecule has 1 aliphatic carbocycles. The van der Waals surface area contributed by atoms with Gasteiger partial charge in [-0.2, -0.15) is 0 Å². The van der Waals surface area contributed by atoms with Crippen LogP contribution in [0.15, 0.2) is 35.3 Å². The Balaban J connectivity index is 2.20. The first-order valence-electron chi connectivity index (χ1n) is 6.53. The number of aliphatic imine (C=N–C) groups is 1. The van der Waals surface area contributed by atoms with E-state index in [4.69, 9.17) is 38.2 Å². The minimum atomic E-state index is -2.95. The first-order chi connectivity index (χ1) is 9.04. The topological polar surface area (TPSA) is 24.4 Å². The highest BCUT2D eigenvalue weighted by molar-refractivity contribution is 7.64. The van der Waals surface area contributed by atoms with Crippen LogP contribution in [0.2, 0.25) is 0 Å². The van der Waals surface area contributed by atoms with Crippen LogP contribution in [0, 0.1) is 0 Å². The van der Waals surface area contributed by atoms with Crippen LogP contribution in [-0.2, 0) is 0 Å². The maximum Gasteiger partial charge on any atom is 0.453 e. The van der Waals surface area contributed by atoms with Gasteiger partial charge in [0.05, 0.1) is 6.04 Å². The van der Waals surface area contributed by atoms with Crippen molar-refractivity contribution < 1.29 is 0 Å². The molecule has 0 unspecified atom stereocenters. The van der Waals surface area contributed by atoms with Gasteiger partial charge in [-0.05, 0) is 12.8 Å². The van der Waals surface area contributed by atoms with Crippen molar-refractivity contribution in [1.29, 1.82) is 0 Å². The van der Waals surface area contributed by atoms with E-state index in [0.717, 1.165) is 24.2 Å². The number of nitrogens with one attached hydrogen (secondary N) is 1. The number of benzene rings is 1. The molecule has 1 N–H and O–H groups in total. The summed E-state index contributed by atoms with van der Waals surface area (Å²) in [7, 11) is 0. The fraction of sp³-hybridized carbons (Fsp3) is 0.462. The maximum absolute atomic E-state index is 5.97. The molecular weight excluding hydrogens is 319 g/mol. The van der Waals surface area contributed by atoms with E-state index in [-0.39, 0.29) is 0 Å². The fourth-order valence-electron chi connectivity index (χ4n) is 2.30. The molecule has 2 rings (SSSR count). The summed E-state index contributed by atoms with van der Waals surface area (Å²) in [6, 6.07) is 10.2. The Labute approximate surface area is 129 Å². The van der Waals surface area contributed by atoms with E-state index >= 15 is 0 Å². The molecule has 1 aromatic carbocycles. The first kappa shape index (κ1) is 15.2. The van der Waals surface area contributed by atoms with Gasteiger partial charge in [-0.15, -0.1) is 33.2 Å². The quantitative estimate of drug-likeness (QED) is 0.374. The summed E-state index contributed by atoms with van der Waals surface area (Å²) in [6.45, 7) is 0. The molecule has 0 saturated heterocycles. The smallest absolute Gasteiger partial charge is 0.360 e. The highest BCUT2D eigenvalue weighted by Crippen LogP contribution is 2.22. The molecule has 0 aromatic heterocycles. The van der Waals surface area contributed by atoms with E-state index in [9.17, 15) is 0 Å². The molecule has 2 nitrogen and oxygen atoms in total. The van der Waals surface area contributed by atoms with Gasteiger partial charge in [-0.1, -0.05) is 49.6 Å². The summed E-state index contributed by atoms with van der Waals surface area (Å²) in [5, 5.41) is 0. The number of halogens is 3. The average molecular weight is 336 g/mol. The third-order valence-electron chi connectivity index (χ3n) is 3.19. The number of rotatable bonds is 3. The van der Waals surface area contributed by atoms with Crippen LogP contribution < -0.4 is 4.98 Å². The van der Waals surface area contributed by atoms with E-state index < -0.39 is 6.16 Å². The van der Waals surface area contributed by atoms with Crippen molar-refractivity contribution >= 4 is 45.2 Å². The summed E-state index contributed by atoms with van der Waals surface area (Å²) >= 11 is 17.9. The molecule has 0 bridgehead atoms. The highest BCUT2D eigenvalue weighted by Gasteiger charge is 2.28. The van der Waals surface area contributed by atoms with Crippen molar-refractivity contribution in [2.45, 2.75) is 38.1 Å².